The monoisotopic (exact) mass is 479 g/mol. The number of fused-ring (bicyclic) bond motifs is 1. The van der Waals surface area contributed by atoms with Crippen LogP contribution in [0.15, 0.2) is 12.1 Å². The largest absolute Gasteiger partial charge is 0.453 e. The molecule has 1 aliphatic heterocycles. The molecule has 2 aromatic rings. The second kappa shape index (κ2) is 8.58. The Morgan fingerprint density at radius 2 is 1.79 bits per heavy atom. The standard InChI is InChI=1S/C20H20F7N5O/c21-12-8-14(23)13(22)6-10(12)5-11(28)7-15(33)31-3-4-32-18(17(31)16(24)9-1-2-9)29-19(30-32)20(25,26)27/h6,8-9,11,16-17H,1-5,7,28H2/t11-,16?,17?/m1/s1. The fraction of sp³-hybridized carbons (Fsp3) is 0.550. The van der Waals surface area contributed by atoms with E-state index in [2.05, 4.69) is 10.1 Å². The third kappa shape index (κ3) is 4.82. The zero-order chi connectivity index (χ0) is 24.1. The molecule has 180 valence electrons. The summed E-state index contributed by atoms with van der Waals surface area (Å²) < 4.78 is 95.8. The molecule has 4 rings (SSSR count). The average Bonchev–Trinajstić information content (AvgIpc) is 3.47. The zero-order valence-corrected chi connectivity index (χ0v) is 17.1. The number of nitrogens with two attached hydrogens (primary N) is 1. The lowest BCUT2D eigenvalue weighted by Crippen LogP contribution is -2.48. The molecule has 1 aromatic carbocycles. The first kappa shape index (κ1) is 23.5. The number of rotatable bonds is 6. The van der Waals surface area contributed by atoms with Gasteiger partial charge in [-0.25, -0.2) is 27.2 Å². The van der Waals surface area contributed by atoms with Gasteiger partial charge in [0.1, 0.15) is 18.0 Å². The molecule has 0 radical (unpaired) electrons. The van der Waals surface area contributed by atoms with Gasteiger partial charge in [0.05, 0.1) is 6.54 Å². The number of amides is 1. The van der Waals surface area contributed by atoms with Crippen LogP contribution in [0.3, 0.4) is 0 Å². The zero-order valence-electron chi connectivity index (χ0n) is 17.1. The van der Waals surface area contributed by atoms with Crippen LogP contribution in [-0.2, 0) is 23.9 Å². The lowest BCUT2D eigenvalue weighted by molar-refractivity contribution is -0.145. The molecule has 1 aliphatic carbocycles. The fourth-order valence-corrected chi connectivity index (χ4v) is 4.02. The second-order valence-corrected chi connectivity index (χ2v) is 8.35. The van der Waals surface area contributed by atoms with Gasteiger partial charge in [-0.2, -0.15) is 13.2 Å². The third-order valence-electron chi connectivity index (χ3n) is 5.81. The number of halogens is 7. The van der Waals surface area contributed by atoms with Gasteiger partial charge in [-0.3, -0.25) is 4.79 Å². The first-order valence-corrected chi connectivity index (χ1v) is 10.3. The Hall–Kier alpha value is -2.70. The number of carbonyl (C=O) groups excluding carboxylic acids is 1. The number of benzene rings is 1. The van der Waals surface area contributed by atoms with E-state index >= 15 is 4.39 Å². The van der Waals surface area contributed by atoms with Crippen LogP contribution in [0.4, 0.5) is 30.7 Å². The molecule has 33 heavy (non-hydrogen) atoms. The topological polar surface area (TPSA) is 77.0 Å². The van der Waals surface area contributed by atoms with Crippen molar-refractivity contribution in [3.05, 3.63) is 46.8 Å². The quantitative estimate of drug-likeness (QED) is 0.510. The van der Waals surface area contributed by atoms with Crippen LogP contribution < -0.4 is 5.73 Å². The summed E-state index contributed by atoms with van der Waals surface area (Å²) in [5, 5.41) is 3.41. The molecule has 1 saturated carbocycles. The Morgan fingerprint density at radius 1 is 1.12 bits per heavy atom. The smallest absolute Gasteiger partial charge is 0.328 e. The van der Waals surface area contributed by atoms with Crippen LogP contribution in [0.2, 0.25) is 0 Å². The van der Waals surface area contributed by atoms with Crippen molar-refractivity contribution in [1.82, 2.24) is 19.7 Å². The number of aromatic nitrogens is 3. The van der Waals surface area contributed by atoms with Gasteiger partial charge in [-0.1, -0.05) is 0 Å². The van der Waals surface area contributed by atoms with Crippen LogP contribution in [0.25, 0.3) is 0 Å². The molecule has 0 bridgehead atoms. The van der Waals surface area contributed by atoms with Gasteiger partial charge >= 0.3 is 6.18 Å². The number of hydrogen-bond donors (Lipinski definition) is 1. The van der Waals surface area contributed by atoms with Gasteiger partial charge in [-0.05, 0) is 36.8 Å². The first-order valence-electron chi connectivity index (χ1n) is 10.3. The molecule has 1 fully saturated rings. The fourth-order valence-electron chi connectivity index (χ4n) is 4.02. The van der Waals surface area contributed by atoms with Gasteiger partial charge in [0.2, 0.25) is 5.91 Å². The molecule has 2 N–H and O–H groups in total. The van der Waals surface area contributed by atoms with Gasteiger partial charge in [0.25, 0.3) is 5.82 Å². The summed E-state index contributed by atoms with van der Waals surface area (Å²) in [6.45, 7) is -0.234. The SMILES string of the molecule is N[C@@H](CC(=O)N1CCn2nc(C(F)(F)F)nc2C1C(F)C1CC1)Cc1cc(F)c(F)cc1F. The van der Waals surface area contributed by atoms with E-state index in [0.29, 0.717) is 25.0 Å². The van der Waals surface area contributed by atoms with Crippen molar-refractivity contribution in [3.63, 3.8) is 0 Å². The maximum absolute atomic E-state index is 15.2. The van der Waals surface area contributed by atoms with Gasteiger partial charge in [0, 0.05) is 25.1 Å². The van der Waals surface area contributed by atoms with Crippen LogP contribution >= 0.6 is 0 Å². The van der Waals surface area contributed by atoms with Crippen molar-refractivity contribution in [2.24, 2.45) is 11.7 Å². The van der Waals surface area contributed by atoms with E-state index in [9.17, 15) is 31.1 Å². The van der Waals surface area contributed by atoms with Crippen LogP contribution in [0.5, 0.6) is 0 Å². The number of alkyl halides is 4. The van der Waals surface area contributed by atoms with E-state index in [-0.39, 0.29) is 30.9 Å². The molecule has 13 heteroatoms. The summed E-state index contributed by atoms with van der Waals surface area (Å²) in [6.07, 6.45) is -6.11. The molecule has 6 nitrogen and oxygen atoms in total. The van der Waals surface area contributed by atoms with Gasteiger partial charge in [-0.15, -0.1) is 5.10 Å². The van der Waals surface area contributed by atoms with E-state index in [1.54, 1.807) is 0 Å². The molecule has 2 unspecified atom stereocenters. The maximum atomic E-state index is 15.2. The lowest BCUT2D eigenvalue weighted by atomic mass is 9.99. The first-order chi connectivity index (χ1) is 15.5. The van der Waals surface area contributed by atoms with E-state index in [1.165, 1.54) is 0 Å². The minimum atomic E-state index is -4.83. The van der Waals surface area contributed by atoms with E-state index in [1.807, 2.05) is 0 Å². The maximum Gasteiger partial charge on any atom is 0.453 e. The molecule has 2 aliphatic rings. The van der Waals surface area contributed by atoms with Crippen molar-refractivity contribution in [3.8, 4) is 0 Å². The minimum absolute atomic E-state index is 0.115. The highest BCUT2D eigenvalue weighted by atomic mass is 19.4. The van der Waals surface area contributed by atoms with Crippen LogP contribution in [0, 0.1) is 23.4 Å². The summed E-state index contributed by atoms with van der Waals surface area (Å²) in [5.74, 6) is -6.45. The van der Waals surface area contributed by atoms with E-state index in [0.717, 1.165) is 9.58 Å². The second-order valence-electron chi connectivity index (χ2n) is 8.35. The third-order valence-corrected chi connectivity index (χ3v) is 5.81. The predicted octanol–water partition coefficient (Wildman–Crippen LogP) is 3.31. The Balaban J connectivity index is 1.53. The van der Waals surface area contributed by atoms with E-state index < -0.39 is 66.0 Å². The molecule has 1 amide bonds. The Kier molecular flexibility index (Phi) is 6.10. The van der Waals surface area contributed by atoms with Crippen LogP contribution in [-0.4, -0.2) is 44.3 Å². The Morgan fingerprint density at radius 3 is 2.42 bits per heavy atom. The predicted molar refractivity (Wildman–Crippen MR) is 99.7 cm³/mol. The van der Waals surface area contributed by atoms with Gasteiger partial charge < -0.3 is 10.6 Å². The number of carbonyl (C=O) groups is 1. The van der Waals surface area contributed by atoms with Crippen molar-refractivity contribution < 1.29 is 35.5 Å². The number of hydrogen-bond acceptors (Lipinski definition) is 4. The highest BCUT2D eigenvalue weighted by Crippen LogP contribution is 2.44. The van der Waals surface area contributed by atoms with Crippen molar-refractivity contribution in [1.29, 1.82) is 0 Å². The summed E-state index contributed by atoms with van der Waals surface area (Å²) in [4.78, 5) is 17.5. The van der Waals surface area contributed by atoms with Gasteiger partial charge in [0.15, 0.2) is 17.5 Å². The highest BCUT2D eigenvalue weighted by molar-refractivity contribution is 5.77. The van der Waals surface area contributed by atoms with Crippen molar-refractivity contribution in [2.75, 3.05) is 6.54 Å². The molecule has 1 aromatic heterocycles. The molecule has 0 spiro atoms. The van der Waals surface area contributed by atoms with Crippen LogP contribution in [0.1, 0.15) is 42.5 Å². The highest BCUT2D eigenvalue weighted by Gasteiger charge is 2.48. The Bertz CT molecular complexity index is 1050. The number of nitrogens with zero attached hydrogens (tertiary/aromatic N) is 4. The Labute approximate surface area is 183 Å². The summed E-state index contributed by atoms with van der Waals surface area (Å²) in [6, 6.07) is -1.38. The molecular weight excluding hydrogens is 459 g/mol. The normalized spacial score (nSPS) is 20.5. The molecular formula is C20H20F7N5O. The van der Waals surface area contributed by atoms with Crippen molar-refractivity contribution >= 4 is 5.91 Å². The molecule has 2 heterocycles. The molecule has 3 atom stereocenters. The summed E-state index contributed by atoms with van der Waals surface area (Å²) >= 11 is 0. The average molecular weight is 479 g/mol. The molecule has 0 saturated heterocycles. The summed E-state index contributed by atoms with van der Waals surface area (Å²) in [5.41, 5.74) is 5.68. The van der Waals surface area contributed by atoms with Crippen molar-refractivity contribution in [2.45, 2.75) is 56.7 Å². The summed E-state index contributed by atoms with van der Waals surface area (Å²) in [7, 11) is 0. The lowest BCUT2D eigenvalue weighted by Gasteiger charge is -2.37. The minimum Gasteiger partial charge on any atom is -0.328 e. The van der Waals surface area contributed by atoms with E-state index in [4.69, 9.17) is 5.73 Å².